The quantitative estimate of drug-likeness (QED) is 0.385. The van der Waals surface area contributed by atoms with E-state index in [1.165, 1.54) is 12.1 Å². The third kappa shape index (κ3) is 7.09. The van der Waals surface area contributed by atoms with Gasteiger partial charge in [-0.1, -0.05) is 54.6 Å². The topological polar surface area (TPSA) is 55.6 Å². The second kappa shape index (κ2) is 11.9. The largest absolute Gasteiger partial charge is 0.486 e. The molecule has 0 saturated heterocycles. The standard InChI is InChI=1S/C28H31F3N2O2/c1-20(25-11-7-6-8-21(25)16-18-32)27(34)33(2)19-17-26(22-9-4-3-5-10-22)35-24-14-12-23(13-15-24)28(29,30)31/h3-15,20,26H,16-19,32H2,1-2H3/t20?,26-/m1/s1. The van der Waals surface area contributed by atoms with Crippen molar-refractivity contribution in [3.8, 4) is 5.75 Å². The molecule has 0 saturated carbocycles. The summed E-state index contributed by atoms with van der Waals surface area (Å²) in [5, 5.41) is 0. The van der Waals surface area contributed by atoms with Crippen molar-refractivity contribution >= 4 is 5.91 Å². The number of amides is 1. The van der Waals surface area contributed by atoms with Crippen LogP contribution in [0.15, 0.2) is 78.9 Å². The van der Waals surface area contributed by atoms with E-state index >= 15 is 0 Å². The van der Waals surface area contributed by atoms with Crippen molar-refractivity contribution < 1.29 is 22.7 Å². The molecule has 4 nitrogen and oxygen atoms in total. The minimum atomic E-state index is -4.40. The molecule has 2 N–H and O–H groups in total. The number of hydrogen-bond acceptors (Lipinski definition) is 3. The summed E-state index contributed by atoms with van der Waals surface area (Å²) < 4.78 is 44.8. The van der Waals surface area contributed by atoms with E-state index in [2.05, 4.69) is 0 Å². The molecule has 0 radical (unpaired) electrons. The number of nitrogens with two attached hydrogens (primary N) is 1. The Morgan fingerprint density at radius 1 is 0.971 bits per heavy atom. The van der Waals surface area contributed by atoms with Crippen molar-refractivity contribution in [1.29, 1.82) is 0 Å². The number of carbonyl (C=O) groups is 1. The maximum atomic E-state index is 13.2. The fourth-order valence-corrected chi connectivity index (χ4v) is 4.07. The Kier molecular flexibility index (Phi) is 8.93. The Balaban J connectivity index is 1.71. The van der Waals surface area contributed by atoms with Gasteiger partial charge in [0, 0.05) is 20.0 Å². The number of likely N-dealkylation sites (N-methyl/N-ethyl adjacent to an activating group) is 1. The maximum Gasteiger partial charge on any atom is 0.416 e. The van der Waals surface area contributed by atoms with Crippen LogP contribution in [0, 0.1) is 0 Å². The third-order valence-electron chi connectivity index (χ3n) is 6.04. The molecule has 0 aliphatic carbocycles. The van der Waals surface area contributed by atoms with Crippen LogP contribution < -0.4 is 10.5 Å². The summed E-state index contributed by atoms with van der Waals surface area (Å²) >= 11 is 0. The van der Waals surface area contributed by atoms with Crippen LogP contribution in [-0.4, -0.2) is 30.9 Å². The Labute approximate surface area is 204 Å². The van der Waals surface area contributed by atoms with E-state index in [1.807, 2.05) is 61.5 Å². The van der Waals surface area contributed by atoms with Crippen LogP contribution in [0.4, 0.5) is 13.2 Å². The molecule has 1 unspecified atom stereocenters. The molecule has 1 amide bonds. The highest BCUT2D eigenvalue weighted by molar-refractivity contribution is 5.83. The molecule has 0 fully saturated rings. The average molecular weight is 485 g/mol. The zero-order chi connectivity index (χ0) is 25.4. The summed E-state index contributed by atoms with van der Waals surface area (Å²) in [4.78, 5) is 14.9. The lowest BCUT2D eigenvalue weighted by Gasteiger charge is -2.26. The summed E-state index contributed by atoms with van der Waals surface area (Å²) in [6.45, 7) is 2.82. The van der Waals surface area contributed by atoms with Gasteiger partial charge in [0.1, 0.15) is 11.9 Å². The van der Waals surface area contributed by atoms with Gasteiger partial charge < -0.3 is 15.4 Å². The molecule has 3 aromatic rings. The highest BCUT2D eigenvalue weighted by atomic mass is 19.4. The van der Waals surface area contributed by atoms with Crippen LogP contribution in [0.25, 0.3) is 0 Å². The summed E-state index contributed by atoms with van der Waals surface area (Å²) in [6.07, 6.45) is -3.65. The zero-order valence-corrected chi connectivity index (χ0v) is 20.0. The molecule has 0 aliphatic heterocycles. The van der Waals surface area contributed by atoms with Gasteiger partial charge in [-0.2, -0.15) is 13.2 Å². The molecule has 0 heterocycles. The van der Waals surface area contributed by atoms with E-state index in [-0.39, 0.29) is 11.8 Å². The third-order valence-corrected chi connectivity index (χ3v) is 6.04. The van der Waals surface area contributed by atoms with Crippen molar-refractivity contribution in [2.45, 2.75) is 38.0 Å². The number of halogens is 3. The number of alkyl halides is 3. The summed E-state index contributed by atoms with van der Waals surface area (Å²) in [6, 6.07) is 21.9. The van der Waals surface area contributed by atoms with Gasteiger partial charge in [0.15, 0.2) is 0 Å². The van der Waals surface area contributed by atoms with Crippen molar-refractivity contribution in [1.82, 2.24) is 4.90 Å². The fourth-order valence-electron chi connectivity index (χ4n) is 4.07. The van der Waals surface area contributed by atoms with Crippen LogP contribution in [-0.2, 0) is 17.4 Å². The molecule has 0 spiro atoms. The van der Waals surface area contributed by atoms with E-state index in [0.717, 1.165) is 28.8 Å². The molecule has 35 heavy (non-hydrogen) atoms. The lowest BCUT2D eigenvalue weighted by atomic mass is 9.93. The van der Waals surface area contributed by atoms with Gasteiger partial charge in [-0.3, -0.25) is 4.79 Å². The Morgan fingerprint density at radius 2 is 1.60 bits per heavy atom. The van der Waals surface area contributed by atoms with Crippen LogP contribution in [0.5, 0.6) is 5.75 Å². The molecule has 0 aromatic heterocycles. The van der Waals surface area contributed by atoms with Gasteiger partial charge in [-0.15, -0.1) is 0 Å². The first-order valence-electron chi connectivity index (χ1n) is 11.6. The van der Waals surface area contributed by atoms with E-state index in [4.69, 9.17) is 10.5 Å². The predicted molar refractivity (Wildman–Crippen MR) is 131 cm³/mol. The molecular formula is C28H31F3N2O2. The highest BCUT2D eigenvalue weighted by Gasteiger charge is 2.30. The molecule has 186 valence electrons. The van der Waals surface area contributed by atoms with Crippen LogP contribution in [0.1, 0.15) is 47.6 Å². The minimum absolute atomic E-state index is 0.0178. The lowest BCUT2D eigenvalue weighted by molar-refractivity contribution is -0.137. The van der Waals surface area contributed by atoms with Crippen molar-refractivity contribution in [3.63, 3.8) is 0 Å². The second-order valence-electron chi connectivity index (χ2n) is 8.55. The molecule has 2 atom stereocenters. The highest BCUT2D eigenvalue weighted by Crippen LogP contribution is 2.32. The Bertz CT molecular complexity index is 1090. The first-order chi connectivity index (χ1) is 16.7. The van der Waals surface area contributed by atoms with E-state index in [0.29, 0.717) is 31.7 Å². The van der Waals surface area contributed by atoms with Gasteiger partial charge in [-0.05, 0) is 60.8 Å². The van der Waals surface area contributed by atoms with Gasteiger partial charge in [0.25, 0.3) is 0 Å². The number of rotatable bonds is 10. The van der Waals surface area contributed by atoms with E-state index in [9.17, 15) is 18.0 Å². The van der Waals surface area contributed by atoms with Crippen LogP contribution in [0.2, 0.25) is 0 Å². The molecule has 0 bridgehead atoms. The first-order valence-corrected chi connectivity index (χ1v) is 11.6. The smallest absolute Gasteiger partial charge is 0.416 e. The second-order valence-corrected chi connectivity index (χ2v) is 8.55. The summed E-state index contributed by atoms with van der Waals surface area (Å²) in [5.41, 5.74) is 7.92. The van der Waals surface area contributed by atoms with Gasteiger partial charge in [-0.25, -0.2) is 0 Å². The minimum Gasteiger partial charge on any atom is -0.486 e. The summed E-state index contributed by atoms with van der Waals surface area (Å²) in [7, 11) is 1.75. The van der Waals surface area contributed by atoms with Gasteiger partial charge in [0.2, 0.25) is 5.91 Å². The maximum absolute atomic E-state index is 13.2. The van der Waals surface area contributed by atoms with Gasteiger partial charge >= 0.3 is 6.18 Å². The number of hydrogen-bond donors (Lipinski definition) is 1. The number of nitrogens with zero attached hydrogens (tertiary/aromatic N) is 1. The lowest BCUT2D eigenvalue weighted by Crippen LogP contribution is -2.33. The SMILES string of the molecule is CC(C(=O)N(C)CC[C@@H](Oc1ccc(C(F)(F)F)cc1)c1ccccc1)c1ccccc1CCN. The van der Waals surface area contributed by atoms with E-state index in [1.54, 1.807) is 11.9 Å². The number of ether oxygens (including phenoxy) is 1. The first kappa shape index (κ1) is 26.3. The average Bonchev–Trinajstić information content (AvgIpc) is 2.86. The monoisotopic (exact) mass is 484 g/mol. The molecule has 3 rings (SSSR count). The Morgan fingerprint density at radius 3 is 2.23 bits per heavy atom. The van der Waals surface area contributed by atoms with Crippen molar-refractivity contribution in [3.05, 3.63) is 101 Å². The zero-order valence-electron chi connectivity index (χ0n) is 20.0. The molecule has 0 aliphatic rings. The molecule has 3 aromatic carbocycles. The summed E-state index contributed by atoms with van der Waals surface area (Å²) in [5.74, 6) is -0.00511. The number of benzene rings is 3. The Hall–Kier alpha value is -3.32. The van der Waals surface area contributed by atoms with Crippen molar-refractivity contribution in [2.24, 2.45) is 5.73 Å². The number of carbonyl (C=O) groups excluding carboxylic acids is 1. The van der Waals surface area contributed by atoms with Crippen molar-refractivity contribution in [2.75, 3.05) is 20.1 Å². The normalized spacial score (nSPS) is 13.2. The predicted octanol–water partition coefficient (Wildman–Crippen LogP) is 5.98. The van der Waals surface area contributed by atoms with E-state index < -0.39 is 17.8 Å². The fraction of sp³-hybridized carbons (Fsp3) is 0.321. The molecule has 7 heteroatoms. The van der Waals surface area contributed by atoms with Crippen LogP contribution in [0.3, 0.4) is 0 Å². The van der Waals surface area contributed by atoms with Crippen LogP contribution >= 0.6 is 0 Å². The molecular weight excluding hydrogens is 453 g/mol. The van der Waals surface area contributed by atoms with Gasteiger partial charge in [0.05, 0.1) is 11.5 Å².